The van der Waals surface area contributed by atoms with Crippen LogP contribution in [0.3, 0.4) is 0 Å². The number of carbonyl (C=O) groups is 1. The number of aromatic nitrogens is 2. The number of hydrogen-bond acceptors (Lipinski definition) is 3. The molecule has 0 aromatic carbocycles. The van der Waals surface area contributed by atoms with E-state index in [9.17, 15) is 4.79 Å². The smallest absolute Gasteiger partial charge is 0.255 e. The normalized spacial score (nSPS) is 12.4. The SMILES string of the molecule is CCC(C)NC(=O)c1cncc2cccnc12. The topological polar surface area (TPSA) is 54.9 Å². The van der Waals surface area contributed by atoms with Crippen LogP contribution in [0.2, 0.25) is 0 Å². The van der Waals surface area contributed by atoms with Gasteiger partial charge in [-0.25, -0.2) is 0 Å². The molecule has 88 valence electrons. The molecule has 4 heteroatoms. The first kappa shape index (κ1) is 11.5. The van der Waals surface area contributed by atoms with Gasteiger partial charge in [0.05, 0.1) is 11.1 Å². The molecule has 0 bridgehead atoms. The lowest BCUT2D eigenvalue weighted by Gasteiger charge is -2.11. The molecule has 0 spiro atoms. The minimum atomic E-state index is -0.115. The molecular formula is C13H15N3O. The van der Waals surface area contributed by atoms with Gasteiger partial charge in [-0.2, -0.15) is 0 Å². The van der Waals surface area contributed by atoms with Crippen LogP contribution in [0.5, 0.6) is 0 Å². The molecule has 2 rings (SSSR count). The van der Waals surface area contributed by atoms with Gasteiger partial charge in [-0.05, 0) is 25.5 Å². The molecule has 0 saturated heterocycles. The summed E-state index contributed by atoms with van der Waals surface area (Å²) in [6.07, 6.45) is 5.86. The summed E-state index contributed by atoms with van der Waals surface area (Å²) in [7, 11) is 0. The van der Waals surface area contributed by atoms with Gasteiger partial charge in [0.15, 0.2) is 0 Å². The summed E-state index contributed by atoms with van der Waals surface area (Å²) in [5.41, 5.74) is 1.23. The zero-order chi connectivity index (χ0) is 12.3. The Hall–Kier alpha value is -1.97. The summed E-state index contributed by atoms with van der Waals surface area (Å²) in [5.74, 6) is -0.115. The molecule has 1 amide bonds. The van der Waals surface area contributed by atoms with E-state index in [2.05, 4.69) is 15.3 Å². The standard InChI is InChI=1S/C13H15N3O/c1-3-9(2)16-13(17)11-8-14-7-10-5-4-6-15-12(10)11/h4-9H,3H2,1-2H3,(H,16,17). The monoisotopic (exact) mass is 229 g/mol. The van der Waals surface area contributed by atoms with Crippen LogP contribution < -0.4 is 5.32 Å². The Morgan fingerprint density at radius 2 is 2.29 bits per heavy atom. The lowest BCUT2D eigenvalue weighted by molar-refractivity contribution is 0.0940. The van der Waals surface area contributed by atoms with E-state index >= 15 is 0 Å². The van der Waals surface area contributed by atoms with Crippen LogP contribution in [0.15, 0.2) is 30.7 Å². The van der Waals surface area contributed by atoms with Gasteiger partial charge >= 0.3 is 0 Å². The molecule has 0 saturated carbocycles. The molecule has 17 heavy (non-hydrogen) atoms. The molecule has 0 aliphatic rings. The van der Waals surface area contributed by atoms with E-state index in [1.165, 1.54) is 0 Å². The number of rotatable bonds is 3. The molecule has 1 unspecified atom stereocenters. The molecule has 2 aromatic heterocycles. The number of carbonyl (C=O) groups excluding carboxylic acids is 1. The van der Waals surface area contributed by atoms with Crippen LogP contribution in [-0.4, -0.2) is 21.9 Å². The molecule has 2 aromatic rings. The average Bonchev–Trinajstić information content (AvgIpc) is 2.37. The van der Waals surface area contributed by atoms with Crippen molar-refractivity contribution < 1.29 is 4.79 Å². The predicted molar refractivity (Wildman–Crippen MR) is 66.8 cm³/mol. The lowest BCUT2D eigenvalue weighted by Crippen LogP contribution is -2.32. The van der Waals surface area contributed by atoms with E-state index in [4.69, 9.17) is 0 Å². The summed E-state index contributed by atoms with van der Waals surface area (Å²) in [6.45, 7) is 4.01. The van der Waals surface area contributed by atoms with Crippen LogP contribution in [0.4, 0.5) is 0 Å². The van der Waals surface area contributed by atoms with Crippen molar-refractivity contribution in [3.63, 3.8) is 0 Å². The minimum absolute atomic E-state index is 0.115. The number of pyridine rings is 2. The number of amides is 1. The van der Waals surface area contributed by atoms with Crippen molar-refractivity contribution in [1.29, 1.82) is 0 Å². The molecule has 1 atom stereocenters. The fourth-order valence-corrected chi connectivity index (χ4v) is 1.57. The quantitative estimate of drug-likeness (QED) is 0.877. The van der Waals surface area contributed by atoms with Gasteiger partial charge in [0, 0.05) is 30.0 Å². The van der Waals surface area contributed by atoms with Crippen LogP contribution in [-0.2, 0) is 0 Å². The Morgan fingerprint density at radius 3 is 3.06 bits per heavy atom. The maximum absolute atomic E-state index is 12.0. The third-order valence-electron chi connectivity index (χ3n) is 2.75. The summed E-state index contributed by atoms with van der Waals surface area (Å²) in [4.78, 5) is 20.3. The lowest BCUT2D eigenvalue weighted by atomic mass is 10.1. The van der Waals surface area contributed by atoms with Crippen molar-refractivity contribution in [2.45, 2.75) is 26.3 Å². The van der Waals surface area contributed by atoms with Crippen molar-refractivity contribution in [2.75, 3.05) is 0 Å². The molecule has 0 aliphatic carbocycles. The summed E-state index contributed by atoms with van der Waals surface area (Å²) in [5, 5.41) is 3.80. The molecular weight excluding hydrogens is 214 g/mol. The number of hydrogen-bond donors (Lipinski definition) is 1. The van der Waals surface area contributed by atoms with Gasteiger partial charge in [0.2, 0.25) is 0 Å². The molecule has 2 heterocycles. The van der Waals surface area contributed by atoms with Crippen LogP contribution in [0.25, 0.3) is 10.9 Å². The number of nitrogens with zero attached hydrogens (tertiary/aromatic N) is 2. The van der Waals surface area contributed by atoms with Crippen LogP contribution >= 0.6 is 0 Å². The Balaban J connectivity index is 2.38. The summed E-state index contributed by atoms with van der Waals surface area (Å²) >= 11 is 0. The second-order valence-electron chi connectivity index (χ2n) is 4.04. The van der Waals surface area contributed by atoms with E-state index in [0.29, 0.717) is 11.1 Å². The fourth-order valence-electron chi connectivity index (χ4n) is 1.57. The highest BCUT2D eigenvalue weighted by Crippen LogP contribution is 2.14. The van der Waals surface area contributed by atoms with Crippen molar-refractivity contribution in [2.24, 2.45) is 0 Å². The highest BCUT2D eigenvalue weighted by atomic mass is 16.1. The van der Waals surface area contributed by atoms with E-state index < -0.39 is 0 Å². The zero-order valence-corrected chi connectivity index (χ0v) is 9.97. The Morgan fingerprint density at radius 1 is 1.47 bits per heavy atom. The summed E-state index contributed by atoms with van der Waals surface area (Å²) < 4.78 is 0. The molecule has 4 nitrogen and oxygen atoms in total. The molecule has 1 N–H and O–H groups in total. The Bertz CT molecular complexity index is 534. The molecule has 0 aliphatic heterocycles. The first-order valence-electron chi connectivity index (χ1n) is 5.72. The Kier molecular flexibility index (Phi) is 3.32. The van der Waals surface area contributed by atoms with Gasteiger partial charge in [-0.3, -0.25) is 14.8 Å². The van der Waals surface area contributed by atoms with Crippen LogP contribution in [0.1, 0.15) is 30.6 Å². The van der Waals surface area contributed by atoms with Gasteiger partial charge in [0.1, 0.15) is 0 Å². The van der Waals surface area contributed by atoms with Crippen molar-refractivity contribution >= 4 is 16.8 Å². The van der Waals surface area contributed by atoms with Crippen molar-refractivity contribution in [3.05, 3.63) is 36.3 Å². The first-order valence-corrected chi connectivity index (χ1v) is 5.72. The van der Waals surface area contributed by atoms with Crippen LogP contribution in [0, 0.1) is 0 Å². The van der Waals surface area contributed by atoms with Crippen molar-refractivity contribution in [3.8, 4) is 0 Å². The van der Waals surface area contributed by atoms with Gasteiger partial charge in [-0.1, -0.05) is 6.92 Å². The first-order chi connectivity index (χ1) is 8.22. The highest BCUT2D eigenvalue weighted by Gasteiger charge is 2.12. The maximum atomic E-state index is 12.0. The molecule has 0 radical (unpaired) electrons. The average molecular weight is 229 g/mol. The highest BCUT2D eigenvalue weighted by molar-refractivity contribution is 6.04. The van der Waals surface area contributed by atoms with E-state index in [0.717, 1.165) is 11.8 Å². The predicted octanol–water partition coefficient (Wildman–Crippen LogP) is 2.16. The fraction of sp³-hybridized carbons (Fsp3) is 0.308. The third kappa shape index (κ3) is 2.41. The van der Waals surface area contributed by atoms with Gasteiger partial charge < -0.3 is 5.32 Å². The minimum Gasteiger partial charge on any atom is -0.349 e. The van der Waals surface area contributed by atoms with E-state index in [-0.39, 0.29) is 11.9 Å². The maximum Gasteiger partial charge on any atom is 0.255 e. The van der Waals surface area contributed by atoms with E-state index in [1.54, 1.807) is 18.6 Å². The Labute approximate surface area is 100 Å². The van der Waals surface area contributed by atoms with Crippen molar-refractivity contribution in [1.82, 2.24) is 15.3 Å². The van der Waals surface area contributed by atoms with E-state index in [1.807, 2.05) is 26.0 Å². The largest absolute Gasteiger partial charge is 0.349 e. The third-order valence-corrected chi connectivity index (χ3v) is 2.75. The van der Waals surface area contributed by atoms with Gasteiger partial charge in [-0.15, -0.1) is 0 Å². The molecule has 0 fully saturated rings. The summed E-state index contributed by atoms with van der Waals surface area (Å²) in [6, 6.07) is 3.89. The number of fused-ring (bicyclic) bond motifs is 1. The second kappa shape index (κ2) is 4.91. The number of nitrogens with one attached hydrogen (secondary N) is 1. The second-order valence-corrected chi connectivity index (χ2v) is 4.04. The van der Waals surface area contributed by atoms with Gasteiger partial charge in [0.25, 0.3) is 5.91 Å². The zero-order valence-electron chi connectivity index (χ0n) is 9.97.